The summed E-state index contributed by atoms with van der Waals surface area (Å²) < 4.78 is 11.1. The van der Waals surface area contributed by atoms with Crippen molar-refractivity contribution in [2.24, 2.45) is 5.92 Å². The minimum atomic E-state index is -0.409. The van der Waals surface area contributed by atoms with Gasteiger partial charge in [-0.15, -0.1) is 0 Å². The second-order valence-corrected chi connectivity index (χ2v) is 4.80. The number of hydrogen-bond donors (Lipinski definition) is 0. The minimum absolute atomic E-state index is 0.0790. The SMILES string of the molecule is COC1=CC2(C=CC1=O)CCC(C(C)C)O2. The first kappa shape index (κ1) is 11.4. The maximum Gasteiger partial charge on any atom is 0.219 e. The van der Waals surface area contributed by atoms with Crippen LogP contribution in [0.4, 0.5) is 0 Å². The van der Waals surface area contributed by atoms with Gasteiger partial charge in [0.05, 0.1) is 13.2 Å². The van der Waals surface area contributed by atoms with E-state index in [2.05, 4.69) is 13.8 Å². The summed E-state index contributed by atoms with van der Waals surface area (Å²) >= 11 is 0. The summed E-state index contributed by atoms with van der Waals surface area (Å²) in [6.45, 7) is 4.31. The lowest BCUT2D eigenvalue weighted by atomic mass is 9.92. The van der Waals surface area contributed by atoms with Gasteiger partial charge in [0, 0.05) is 0 Å². The normalized spacial score (nSPS) is 33.6. The van der Waals surface area contributed by atoms with Crippen LogP contribution in [0.1, 0.15) is 26.7 Å². The molecule has 1 aliphatic carbocycles. The molecule has 1 heterocycles. The van der Waals surface area contributed by atoms with E-state index in [9.17, 15) is 4.79 Å². The standard InChI is InChI=1S/C13H18O3/c1-9(2)11-5-7-13(16-11)6-4-10(14)12(8-13)15-3/h4,6,8-9,11H,5,7H2,1-3H3. The Morgan fingerprint density at radius 1 is 1.56 bits per heavy atom. The summed E-state index contributed by atoms with van der Waals surface area (Å²) in [5.74, 6) is 0.821. The Bertz CT molecular complexity index is 354. The molecule has 88 valence electrons. The molecule has 0 aromatic carbocycles. The van der Waals surface area contributed by atoms with Gasteiger partial charge in [-0.05, 0) is 37.0 Å². The lowest BCUT2D eigenvalue weighted by Crippen LogP contribution is -2.30. The fourth-order valence-electron chi connectivity index (χ4n) is 2.27. The Balaban J connectivity index is 2.19. The van der Waals surface area contributed by atoms with Gasteiger partial charge in [-0.25, -0.2) is 0 Å². The maximum absolute atomic E-state index is 11.4. The van der Waals surface area contributed by atoms with Gasteiger partial charge in [0.15, 0.2) is 5.76 Å². The first-order chi connectivity index (χ1) is 7.56. The summed E-state index contributed by atoms with van der Waals surface area (Å²) in [5, 5.41) is 0. The van der Waals surface area contributed by atoms with E-state index < -0.39 is 5.60 Å². The molecule has 0 aromatic rings. The molecule has 3 nitrogen and oxygen atoms in total. The summed E-state index contributed by atoms with van der Waals surface area (Å²) in [6, 6.07) is 0. The second-order valence-electron chi connectivity index (χ2n) is 4.80. The van der Waals surface area contributed by atoms with Crippen LogP contribution in [-0.2, 0) is 14.3 Å². The van der Waals surface area contributed by atoms with Gasteiger partial charge in [0.1, 0.15) is 5.60 Å². The molecule has 16 heavy (non-hydrogen) atoms. The molecular weight excluding hydrogens is 204 g/mol. The average Bonchev–Trinajstić information content (AvgIpc) is 2.67. The van der Waals surface area contributed by atoms with Crippen LogP contribution < -0.4 is 0 Å². The third-order valence-electron chi connectivity index (χ3n) is 3.29. The lowest BCUT2D eigenvalue weighted by molar-refractivity contribution is -0.114. The Morgan fingerprint density at radius 2 is 2.31 bits per heavy atom. The quantitative estimate of drug-likeness (QED) is 0.718. The minimum Gasteiger partial charge on any atom is -0.493 e. The van der Waals surface area contributed by atoms with E-state index in [1.54, 1.807) is 6.08 Å². The molecule has 1 saturated heterocycles. The molecule has 0 N–H and O–H groups in total. The van der Waals surface area contributed by atoms with Crippen LogP contribution >= 0.6 is 0 Å². The Labute approximate surface area is 96.1 Å². The average molecular weight is 222 g/mol. The Kier molecular flexibility index (Phi) is 2.89. The third kappa shape index (κ3) is 1.92. The van der Waals surface area contributed by atoms with E-state index in [1.807, 2.05) is 12.2 Å². The van der Waals surface area contributed by atoms with Gasteiger partial charge in [0.2, 0.25) is 5.78 Å². The number of hydrogen-bond acceptors (Lipinski definition) is 3. The van der Waals surface area contributed by atoms with Gasteiger partial charge in [-0.1, -0.05) is 13.8 Å². The van der Waals surface area contributed by atoms with Crippen LogP contribution in [0.5, 0.6) is 0 Å². The van der Waals surface area contributed by atoms with Crippen molar-refractivity contribution in [3.05, 3.63) is 24.0 Å². The number of rotatable bonds is 2. The number of carbonyl (C=O) groups excluding carboxylic acids is 1. The molecule has 2 rings (SSSR count). The van der Waals surface area contributed by atoms with Crippen LogP contribution in [0.25, 0.3) is 0 Å². The van der Waals surface area contributed by atoms with Crippen LogP contribution in [0, 0.1) is 5.92 Å². The molecule has 1 fully saturated rings. The predicted molar refractivity (Wildman–Crippen MR) is 60.9 cm³/mol. The largest absolute Gasteiger partial charge is 0.493 e. The fourth-order valence-corrected chi connectivity index (χ4v) is 2.27. The van der Waals surface area contributed by atoms with Crippen molar-refractivity contribution in [3.8, 4) is 0 Å². The number of carbonyl (C=O) groups is 1. The molecule has 2 unspecified atom stereocenters. The van der Waals surface area contributed by atoms with Crippen molar-refractivity contribution in [2.75, 3.05) is 7.11 Å². The number of allylic oxidation sites excluding steroid dienone is 1. The van der Waals surface area contributed by atoms with E-state index >= 15 is 0 Å². The zero-order valence-corrected chi connectivity index (χ0v) is 10.0. The molecule has 3 heteroatoms. The summed E-state index contributed by atoms with van der Waals surface area (Å²) in [7, 11) is 1.52. The first-order valence-electron chi connectivity index (χ1n) is 5.74. The van der Waals surface area contributed by atoms with Crippen molar-refractivity contribution in [3.63, 3.8) is 0 Å². The molecule has 0 aromatic heterocycles. The van der Waals surface area contributed by atoms with Crippen molar-refractivity contribution in [1.29, 1.82) is 0 Å². The van der Waals surface area contributed by atoms with Crippen molar-refractivity contribution in [2.45, 2.75) is 38.4 Å². The summed E-state index contributed by atoms with van der Waals surface area (Å²) in [4.78, 5) is 11.4. The smallest absolute Gasteiger partial charge is 0.219 e. The Morgan fingerprint density at radius 3 is 2.88 bits per heavy atom. The molecule has 1 spiro atoms. The zero-order chi connectivity index (χ0) is 11.8. The molecule has 0 amide bonds. The molecule has 1 aliphatic heterocycles. The van der Waals surface area contributed by atoms with E-state index in [1.165, 1.54) is 7.11 Å². The van der Waals surface area contributed by atoms with Crippen molar-refractivity contribution >= 4 is 5.78 Å². The highest BCUT2D eigenvalue weighted by molar-refractivity contribution is 6.03. The first-order valence-corrected chi connectivity index (χ1v) is 5.74. The van der Waals surface area contributed by atoms with Gasteiger partial charge in [0.25, 0.3) is 0 Å². The maximum atomic E-state index is 11.4. The van der Waals surface area contributed by atoms with Crippen molar-refractivity contribution in [1.82, 2.24) is 0 Å². The highest BCUT2D eigenvalue weighted by Crippen LogP contribution is 2.38. The van der Waals surface area contributed by atoms with E-state index in [0.717, 1.165) is 12.8 Å². The molecule has 0 radical (unpaired) electrons. The molecular formula is C13H18O3. The van der Waals surface area contributed by atoms with Gasteiger partial charge in [-0.3, -0.25) is 4.79 Å². The van der Waals surface area contributed by atoms with Gasteiger partial charge < -0.3 is 9.47 Å². The van der Waals surface area contributed by atoms with Crippen molar-refractivity contribution < 1.29 is 14.3 Å². The third-order valence-corrected chi connectivity index (χ3v) is 3.29. The summed E-state index contributed by atoms with van der Waals surface area (Å²) in [6.07, 6.45) is 7.46. The van der Waals surface area contributed by atoms with Crippen LogP contribution in [0.2, 0.25) is 0 Å². The van der Waals surface area contributed by atoms with Gasteiger partial charge in [-0.2, -0.15) is 0 Å². The van der Waals surface area contributed by atoms with Crippen LogP contribution in [0.3, 0.4) is 0 Å². The van der Waals surface area contributed by atoms with Crippen LogP contribution in [-0.4, -0.2) is 24.6 Å². The highest BCUT2D eigenvalue weighted by Gasteiger charge is 2.40. The fraction of sp³-hybridized carbons (Fsp3) is 0.615. The number of ketones is 1. The monoisotopic (exact) mass is 222 g/mol. The second kappa shape index (κ2) is 4.06. The van der Waals surface area contributed by atoms with Crippen LogP contribution in [0.15, 0.2) is 24.0 Å². The number of methoxy groups -OCH3 is 1. The van der Waals surface area contributed by atoms with E-state index in [4.69, 9.17) is 9.47 Å². The molecule has 0 saturated carbocycles. The predicted octanol–water partition coefficient (Wildman–Crippen LogP) is 2.23. The van der Waals surface area contributed by atoms with E-state index in [0.29, 0.717) is 11.7 Å². The highest BCUT2D eigenvalue weighted by atomic mass is 16.5. The molecule has 2 atom stereocenters. The summed E-state index contributed by atoms with van der Waals surface area (Å²) in [5.41, 5.74) is -0.409. The van der Waals surface area contributed by atoms with E-state index in [-0.39, 0.29) is 11.9 Å². The molecule has 0 bridgehead atoms. The topological polar surface area (TPSA) is 35.5 Å². The van der Waals surface area contributed by atoms with Gasteiger partial charge >= 0.3 is 0 Å². The number of ether oxygens (including phenoxy) is 2. The zero-order valence-electron chi connectivity index (χ0n) is 10.0. The molecule has 2 aliphatic rings. The Hall–Kier alpha value is -1.09. The lowest BCUT2D eigenvalue weighted by Gasteiger charge is -2.26.